The maximum Gasteiger partial charge on any atom is 0.121 e. The summed E-state index contributed by atoms with van der Waals surface area (Å²) in [6, 6.07) is 9.14. The number of ether oxygens (including phenoxy) is 1. The molecule has 3 heteroatoms. The van der Waals surface area contributed by atoms with Crippen LogP contribution in [0.25, 0.3) is 0 Å². The molecule has 0 atom stereocenters. The molecule has 0 bridgehead atoms. The zero-order chi connectivity index (χ0) is 13.9. The van der Waals surface area contributed by atoms with E-state index in [0.29, 0.717) is 6.04 Å². The van der Waals surface area contributed by atoms with Crippen LogP contribution in [0.2, 0.25) is 0 Å². The fourth-order valence-electron chi connectivity index (χ4n) is 2.75. The van der Waals surface area contributed by atoms with Crippen molar-refractivity contribution in [1.29, 1.82) is 0 Å². The second-order valence-electron chi connectivity index (χ2n) is 6.52. The van der Waals surface area contributed by atoms with Crippen LogP contribution >= 0.6 is 0 Å². The number of nitrogens with zero attached hydrogens (tertiary/aromatic N) is 1. The summed E-state index contributed by atoms with van der Waals surface area (Å²) in [7, 11) is 4.13. The predicted molar refractivity (Wildman–Crippen MR) is 83.3 cm³/mol. The van der Waals surface area contributed by atoms with Gasteiger partial charge in [-0.05, 0) is 63.7 Å². The van der Waals surface area contributed by atoms with Crippen LogP contribution in [0.1, 0.15) is 25.7 Å². The third kappa shape index (κ3) is 3.89. The van der Waals surface area contributed by atoms with E-state index in [1.54, 1.807) is 0 Å². The standard InChI is InChI=1S/C17H26N2O/c1-19(2)10-11-20-16-5-3-4-15(12-16)18-17(13-6-7-13)14-8-9-14/h3-5,12-14,17-18H,6-11H2,1-2H3. The van der Waals surface area contributed by atoms with Crippen molar-refractivity contribution in [3.05, 3.63) is 24.3 Å². The van der Waals surface area contributed by atoms with E-state index >= 15 is 0 Å². The smallest absolute Gasteiger partial charge is 0.121 e. The molecule has 0 radical (unpaired) electrons. The van der Waals surface area contributed by atoms with Gasteiger partial charge >= 0.3 is 0 Å². The zero-order valence-electron chi connectivity index (χ0n) is 12.6. The van der Waals surface area contributed by atoms with Crippen LogP contribution in [0.3, 0.4) is 0 Å². The van der Waals surface area contributed by atoms with Crippen LogP contribution in [-0.4, -0.2) is 38.2 Å². The Kier molecular flexibility index (Phi) is 4.16. The summed E-state index contributed by atoms with van der Waals surface area (Å²) in [6.45, 7) is 1.69. The highest BCUT2D eigenvalue weighted by atomic mass is 16.5. The van der Waals surface area contributed by atoms with Crippen LogP contribution in [0, 0.1) is 11.8 Å². The molecular formula is C17H26N2O. The molecule has 0 saturated heterocycles. The molecule has 0 aromatic heterocycles. The van der Waals surface area contributed by atoms with Crippen molar-refractivity contribution in [2.45, 2.75) is 31.7 Å². The third-order valence-electron chi connectivity index (χ3n) is 4.23. The number of rotatable bonds is 8. The van der Waals surface area contributed by atoms with Crippen molar-refractivity contribution in [1.82, 2.24) is 4.90 Å². The van der Waals surface area contributed by atoms with Crippen molar-refractivity contribution in [2.24, 2.45) is 11.8 Å². The molecule has 110 valence electrons. The Labute approximate surface area is 122 Å². The quantitative estimate of drug-likeness (QED) is 0.787. The first kappa shape index (κ1) is 13.7. The number of hydrogen-bond acceptors (Lipinski definition) is 3. The highest BCUT2D eigenvalue weighted by molar-refractivity contribution is 5.49. The molecule has 0 spiro atoms. The Hall–Kier alpha value is -1.22. The van der Waals surface area contributed by atoms with Gasteiger partial charge < -0.3 is 15.0 Å². The molecule has 2 fully saturated rings. The molecule has 1 N–H and O–H groups in total. The number of hydrogen-bond donors (Lipinski definition) is 1. The van der Waals surface area contributed by atoms with Crippen LogP contribution in [0.5, 0.6) is 5.75 Å². The monoisotopic (exact) mass is 274 g/mol. The average Bonchev–Trinajstić information content (AvgIpc) is 3.28. The minimum atomic E-state index is 0.701. The van der Waals surface area contributed by atoms with Gasteiger partial charge in [0.2, 0.25) is 0 Å². The topological polar surface area (TPSA) is 24.5 Å². The van der Waals surface area contributed by atoms with E-state index in [1.807, 2.05) is 6.07 Å². The molecule has 0 aliphatic heterocycles. The first-order valence-electron chi connectivity index (χ1n) is 7.86. The van der Waals surface area contributed by atoms with Crippen LogP contribution in [0.15, 0.2) is 24.3 Å². The van der Waals surface area contributed by atoms with Crippen molar-refractivity contribution < 1.29 is 4.74 Å². The van der Waals surface area contributed by atoms with E-state index < -0.39 is 0 Å². The molecule has 2 aliphatic rings. The van der Waals surface area contributed by atoms with Crippen LogP contribution in [0.4, 0.5) is 5.69 Å². The normalized spacial score (nSPS) is 18.6. The van der Waals surface area contributed by atoms with Crippen LogP contribution < -0.4 is 10.1 Å². The molecule has 20 heavy (non-hydrogen) atoms. The summed E-state index contributed by atoms with van der Waals surface area (Å²) in [4.78, 5) is 2.14. The predicted octanol–water partition coefficient (Wildman–Crippen LogP) is 3.23. The molecule has 0 unspecified atom stereocenters. The van der Waals surface area contributed by atoms with Crippen molar-refractivity contribution in [3.8, 4) is 5.75 Å². The number of anilines is 1. The maximum atomic E-state index is 5.81. The summed E-state index contributed by atoms with van der Waals surface area (Å²) in [5.74, 6) is 2.81. The molecule has 2 aliphatic carbocycles. The van der Waals surface area contributed by atoms with E-state index in [0.717, 1.165) is 30.7 Å². The first-order valence-corrected chi connectivity index (χ1v) is 7.86. The van der Waals surface area contributed by atoms with Crippen LogP contribution in [-0.2, 0) is 0 Å². The van der Waals surface area contributed by atoms with Gasteiger partial charge in [0.25, 0.3) is 0 Å². The number of nitrogens with one attached hydrogen (secondary N) is 1. The third-order valence-corrected chi connectivity index (χ3v) is 4.23. The molecule has 2 saturated carbocycles. The summed E-state index contributed by atoms with van der Waals surface area (Å²) < 4.78 is 5.81. The minimum absolute atomic E-state index is 0.701. The van der Waals surface area contributed by atoms with Gasteiger partial charge in [0.05, 0.1) is 0 Å². The number of benzene rings is 1. The van der Waals surface area contributed by atoms with E-state index in [9.17, 15) is 0 Å². The lowest BCUT2D eigenvalue weighted by atomic mass is 10.1. The summed E-state index contributed by atoms with van der Waals surface area (Å²) in [5.41, 5.74) is 1.22. The first-order chi connectivity index (χ1) is 9.72. The Morgan fingerprint density at radius 2 is 1.90 bits per heavy atom. The Balaban J connectivity index is 1.55. The minimum Gasteiger partial charge on any atom is -0.492 e. The molecule has 3 nitrogen and oxygen atoms in total. The van der Waals surface area contributed by atoms with Gasteiger partial charge in [-0.1, -0.05) is 6.07 Å². The van der Waals surface area contributed by atoms with Crippen molar-refractivity contribution >= 4 is 5.69 Å². The lowest BCUT2D eigenvalue weighted by Gasteiger charge is -2.19. The Morgan fingerprint density at radius 1 is 1.20 bits per heavy atom. The van der Waals surface area contributed by atoms with Gasteiger partial charge in [-0.15, -0.1) is 0 Å². The molecule has 1 aromatic carbocycles. The summed E-state index contributed by atoms with van der Waals surface area (Å²) >= 11 is 0. The highest BCUT2D eigenvalue weighted by Crippen LogP contribution is 2.45. The van der Waals surface area contributed by atoms with Gasteiger partial charge in [0.15, 0.2) is 0 Å². The lowest BCUT2D eigenvalue weighted by molar-refractivity contribution is 0.261. The van der Waals surface area contributed by atoms with E-state index in [-0.39, 0.29) is 0 Å². The second kappa shape index (κ2) is 6.04. The fourth-order valence-corrected chi connectivity index (χ4v) is 2.75. The molecule has 1 aromatic rings. The average molecular weight is 274 g/mol. The Bertz CT molecular complexity index is 426. The largest absolute Gasteiger partial charge is 0.492 e. The highest BCUT2D eigenvalue weighted by Gasteiger charge is 2.41. The van der Waals surface area contributed by atoms with E-state index in [2.05, 4.69) is 42.5 Å². The van der Waals surface area contributed by atoms with Gasteiger partial charge in [-0.3, -0.25) is 0 Å². The summed E-state index contributed by atoms with van der Waals surface area (Å²) in [5, 5.41) is 3.75. The summed E-state index contributed by atoms with van der Waals surface area (Å²) in [6.07, 6.45) is 5.64. The van der Waals surface area contributed by atoms with Crippen molar-refractivity contribution in [2.75, 3.05) is 32.6 Å². The molecule has 3 rings (SSSR count). The zero-order valence-corrected chi connectivity index (χ0v) is 12.6. The molecular weight excluding hydrogens is 248 g/mol. The number of likely N-dealkylation sites (N-methyl/N-ethyl adjacent to an activating group) is 1. The van der Waals surface area contributed by atoms with Gasteiger partial charge in [0, 0.05) is 24.3 Å². The Morgan fingerprint density at radius 3 is 2.50 bits per heavy atom. The van der Waals surface area contributed by atoms with E-state index in [4.69, 9.17) is 4.74 Å². The van der Waals surface area contributed by atoms with Gasteiger partial charge in [-0.25, -0.2) is 0 Å². The van der Waals surface area contributed by atoms with Gasteiger partial charge in [-0.2, -0.15) is 0 Å². The lowest BCUT2D eigenvalue weighted by Crippen LogP contribution is -2.24. The SMILES string of the molecule is CN(C)CCOc1cccc(NC(C2CC2)C2CC2)c1. The second-order valence-corrected chi connectivity index (χ2v) is 6.52. The molecule has 0 heterocycles. The molecule has 0 amide bonds. The van der Waals surface area contributed by atoms with Crippen molar-refractivity contribution in [3.63, 3.8) is 0 Å². The van der Waals surface area contributed by atoms with Gasteiger partial charge in [0.1, 0.15) is 12.4 Å². The fraction of sp³-hybridized carbons (Fsp3) is 0.647. The maximum absolute atomic E-state index is 5.81. The van der Waals surface area contributed by atoms with E-state index in [1.165, 1.54) is 31.4 Å².